The van der Waals surface area contributed by atoms with Gasteiger partial charge in [-0.1, -0.05) is 93.9 Å². The second kappa shape index (κ2) is 14.6. The summed E-state index contributed by atoms with van der Waals surface area (Å²) in [5.74, 6) is -0.487. The van der Waals surface area contributed by atoms with Crippen LogP contribution in [0, 0.1) is 0 Å². The summed E-state index contributed by atoms with van der Waals surface area (Å²) >= 11 is 7.18. The minimum atomic E-state index is -0.246. The molecule has 1 atom stereocenters. The number of hydrogen-bond acceptors (Lipinski definition) is 6. The van der Waals surface area contributed by atoms with Gasteiger partial charge in [0.1, 0.15) is 0 Å². The Morgan fingerprint density at radius 1 is 0.851 bits per heavy atom. The van der Waals surface area contributed by atoms with Crippen LogP contribution in [0.1, 0.15) is 84.8 Å². The quantitative estimate of drug-likeness (QED) is 0.178. The number of anilines is 2. The Morgan fingerprint density at radius 3 is 2.15 bits per heavy atom. The van der Waals surface area contributed by atoms with Crippen molar-refractivity contribution in [3.05, 3.63) is 106 Å². The Bertz CT molecular complexity index is 1620. The first-order chi connectivity index (χ1) is 22.4. The van der Waals surface area contributed by atoms with Crippen molar-refractivity contribution < 1.29 is 19.1 Å². The van der Waals surface area contributed by atoms with Gasteiger partial charge >= 0.3 is 11.9 Å². The SMILES string of the molecule is CC(=O)OCCCN1/C(=C/C=C2\CCCC(/C=C/C3N(CCCOC(C)=O)c4ccccc4C3(C)C)=C2Cl)C(C)(C)c2ccccc21. The summed E-state index contributed by atoms with van der Waals surface area (Å²) in [6.45, 7) is 14.4. The lowest BCUT2D eigenvalue weighted by molar-refractivity contribution is -0.141. The number of carbonyl (C=O) groups is 2. The third kappa shape index (κ3) is 7.38. The lowest BCUT2D eigenvalue weighted by atomic mass is 9.80. The third-order valence-electron chi connectivity index (χ3n) is 9.84. The maximum Gasteiger partial charge on any atom is 0.302 e. The van der Waals surface area contributed by atoms with E-state index in [-0.39, 0.29) is 28.8 Å². The van der Waals surface area contributed by atoms with Gasteiger partial charge in [0.2, 0.25) is 0 Å². The van der Waals surface area contributed by atoms with Crippen molar-refractivity contribution in [1.82, 2.24) is 0 Å². The molecule has 0 N–H and O–H groups in total. The zero-order chi connectivity index (χ0) is 33.8. The van der Waals surface area contributed by atoms with Gasteiger partial charge in [-0.2, -0.15) is 0 Å². The molecule has 0 saturated carbocycles. The summed E-state index contributed by atoms with van der Waals surface area (Å²) in [5.41, 5.74) is 8.34. The molecule has 2 aliphatic heterocycles. The fraction of sp³-hybridized carbons (Fsp3) is 0.450. The molecule has 6 nitrogen and oxygen atoms in total. The first kappa shape index (κ1) is 34.6. The number of carbonyl (C=O) groups excluding carboxylic acids is 2. The monoisotopic (exact) mass is 656 g/mol. The van der Waals surface area contributed by atoms with Gasteiger partial charge < -0.3 is 19.3 Å². The van der Waals surface area contributed by atoms with Crippen LogP contribution in [-0.2, 0) is 29.9 Å². The Balaban J connectivity index is 1.40. The van der Waals surface area contributed by atoms with Crippen LogP contribution in [0.2, 0.25) is 0 Å². The van der Waals surface area contributed by atoms with Crippen molar-refractivity contribution in [2.75, 3.05) is 36.1 Å². The predicted octanol–water partition coefficient (Wildman–Crippen LogP) is 8.90. The molecule has 0 aromatic heterocycles. The van der Waals surface area contributed by atoms with Gasteiger partial charge in [0.05, 0.1) is 19.3 Å². The van der Waals surface area contributed by atoms with Crippen molar-refractivity contribution in [2.45, 2.75) is 90.5 Å². The molecule has 0 amide bonds. The van der Waals surface area contributed by atoms with E-state index in [1.807, 2.05) is 0 Å². The van der Waals surface area contributed by atoms with Gasteiger partial charge in [-0.25, -0.2) is 0 Å². The average molecular weight is 657 g/mol. The van der Waals surface area contributed by atoms with Gasteiger partial charge in [-0.15, -0.1) is 0 Å². The molecule has 2 heterocycles. The van der Waals surface area contributed by atoms with E-state index in [4.69, 9.17) is 21.1 Å². The van der Waals surface area contributed by atoms with E-state index in [2.05, 4.69) is 110 Å². The van der Waals surface area contributed by atoms with E-state index in [9.17, 15) is 9.59 Å². The number of nitrogens with zero attached hydrogens (tertiary/aromatic N) is 2. The smallest absolute Gasteiger partial charge is 0.302 e. The van der Waals surface area contributed by atoms with Gasteiger partial charge in [-0.05, 0) is 72.6 Å². The summed E-state index contributed by atoms with van der Waals surface area (Å²) in [6, 6.07) is 17.3. The van der Waals surface area contributed by atoms with Crippen LogP contribution >= 0.6 is 11.6 Å². The molecule has 0 bridgehead atoms. The van der Waals surface area contributed by atoms with E-state index in [0.717, 1.165) is 55.8 Å². The summed E-state index contributed by atoms with van der Waals surface area (Å²) in [7, 11) is 0. The molecule has 2 aromatic carbocycles. The Morgan fingerprint density at radius 2 is 1.47 bits per heavy atom. The highest BCUT2D eigenvalue weighted by Gasteiger charge is 2.43. The maximum atomic E-state index is 11.3. The van der Waals surface area contributed by atoms with Crippen molar-refractivity contribution in [3.63, 3.8) is 0 Å². The van der Waals surface area contributed by atoms with Gasteiger partial charge in [0.15, 0.2) is 0 Å². The van der Waals surface area contributed by atoms with E-state index < -0.39 is 0 Å². The number of hydrogen-bond donors (Lipinski definition) is 0. The fourth-order valence-electron chi connectivity index (χ4n) is 7.44. The predicted molar refractivity (Wildman–Crippen MR) is 192 cm³/mol. The molecule has 3 aliphatic rings. The third-order valence-corrected chi connectivity index (χ3v) is 10.3. The minimum absolute atomic E-state index is 0.0959. The number of benzene rings is 2. The number of halogens is 1. The molecule has 0 spiro atoms. The van der Waals surface area contributed by atoms with E-state index in [1.54, 1.807) is 0 Å². The molecular weight excluding hydrogens is 608 g/mol. The van der Waals surface area contributed by atoms with Crippen LogP contribution in [0.25, 0.3) is 0 Å². The number of para-hydroxylation sites is 2. The zero-order valence-corrected chi connectivity index (χ0v) is 29.5. The van der Waals surface area contributed by atoms with Crippen molar-refractivity contribution in [1.29, 1.82) is 0 Å². The largest absolute Gasteiger partial charge is 0.466 e. The number of allylic oxidation sites excluding steroid dienone is 7. The summed E-state index contributed by atoms with van der Waals surface area (Å²) in [4.78, 5) is 27.5. The zero-order valence-electron chi connectivity index (χ0n) is 28.8. The molecule has 0 radical (unpaired) electrons. The van der Waals surface area contributed by atoms with Crippen LogP contribution in [0.3, 0.4) is 0 Å². The minimum Gasteiger partial charge on any atom is -0.466 e. The highest BCUT2D eigenvalue weighted by atomic mass is 35.5. The Labute approximate surface area is 285 Å². The van der Waals surface area contributed by atoms with Crippen molar-refractivity contribution in [2.24, 2.45) is 0 Å². The molecule has 0 saturated heterocycles. The molecule has 7 heteroatoms. The Kier molecular flexibility index (Phi) is 10.7. The van der Waals surface area contributed by atoms with E-state index in [1.165, 1.54) is 47.6 Å². The summed E-state index contributed by atoms with van der Waals surface area (Å²) in [5, 5.41) is 0.841. The van der Waals surface area contributed by atoms with Gasteiger partial charge in [0.25, 0.3) is 0 Å². The van der Waals surface area contributed by atoms with Crippen LogP contribution in [0.15, 0.2) is 94.7 Å². The van der Waals surface area contributed by atoms with Crippen LogP contribution in [0.4, 0.5) is 11.4 Å². The highest BCUT2D eigenvalue weighted by molar-refractivity contribution is 6.32. The second-order valence-electron chi connectivity index (χ2n) is 13.9. The highest BCUT2D eigenvalue weighted by Crippen LogP contribution is 2.48. The summed E-state index contributed by atoms with van der Waals surface area (Å²) < 4.78 is 10.5. The standard InChI is InChI=1S/C40H49ClN2O4/c1-28(44)46-26-12-24-42-34-18-9-7-16-32(34)39(3,4)36(42)22-20-30-14-11-15-31(38(30)41)21-23-37-40(5,6)33-17-8-10-19-35(33)43(37)25-13-27-47-29(2)45/h7-10,16-23,36H,11-15,24-27H2,1-6H3/b22-20+,31-21+,37-23+. The number of fused-ring (bicyclic) bond motifs is 2. The number of ether oxygens (including phenoxy) is 2. The van der Waals surface area contributed by atoms with Crippen LogP contribution in [0.5, 0.6) is 0 Å². The molecule has 0 fully saturated rings. The average Bonchev–Trinajstić information content (AvgIpc) is 3.38. The number of rotatable bonds is 11. The van der Waals surface area contributed by atoms with Crippen LogP contribution < -0.4 is 9.80 Å². The normalized spacial score (nSPS) is 21.5. The fourth-order valence-corrected chi connectivity index (χ4v) is 7.75. The van der Waals surface area contributed by atoms with Gasteiger partial charge in [-0.3, -0.25) is 9.59 Å². The molecule has 250 valence electrons. The summed E-state index contributed by atoms with van der Waals surface area (Å²) in [6.07, 6.45) is 13.5. The lowest BCUT2D eigenvalue weighted by Crippen LogP contribution is -2.40. The first-order valence-corrected chi connectivity index (χ1v) is 17.3. The molecule has 1 unspecified atom stereocenters. The van der Waals surface area contributed by atoms with Crippen molar-refractivity contribution in [3.8, 4) is 0 Å². The topological polar surface area (TPSA) is 59.1 Å². The molecule has 5 rings (SSSR count). The molecule has 1 aliphatic carbocycles. The lowest BCUT2D eigenvalue weighted by Gasteiger charge is -2.32. The van der Waals surface area contributed by atoms with E-state index >= 15 is 0 Å². The molecule has 47 heavy (non-hydrogen) atoms. The van der Waals surface area contributed by atoms with Crippen LogP contribution in [-0.4, -0.2) is 44.3 Å². The maximum absolute atomic E-state index is 11.3. The molecule has 2 aromatic rings. The van der Waals surface area contributed by atoms with E-state index in [0.29, 0.717) is 13.2 Å². The second-order valence-corrected chi connectivity index (χ2v) is 14.2. The Hall–Kier alpha value is -3.77. The molecular formula is C40H49ClN2O4. The van der Waals surface area contributed by atoms with Gasteiger partial charge in [0, 0.05) is 59.9 Å². The number of esters is 2. The van der Waals surface area contributed by atoms with Crippen molar-refractivity contribution >= 4 is 34.9 Å². The first-order valence-electron chi connectivity index (χ1n) is 16.9.